The fourth-order valence-electron chi connectivity index (χ4n) is 1.49. The van der Waals surface area contributed by atoms with Gasteiger partial charge < -0.3 is 10.4 Å². The smallest absolute Gasteiger partial charge is 0.265 e. The zero-order valence-corrected chi connectivity index (χ0v) is 10.7. The quantitative estimate of drug-likeness (QED) is 0.881. The summed E-state index contributed by atoms with van der Waals surface area (Å²) in [6.45, 7) is 2.35. The summed E-state index contributed by atoms with van der Waals surface area (Å²) in [5.41, 5.74) is 1.65. The van der Waals surface area contributed by atoms with Crippen LogP contribution in [-0.2, 0) is 13.0 Å². The summed E-state index contributed by atoms with van der Waals surface area (Å²) >= 11 is 1.11. The highest BCUT2D eigenvalue weighted by molar-refractivity contribution is 7.08. The SMILES string of the molecule is CCc1nnsc1C(=O)NCc1ccc(O)cc1. The number of phenols is 1. The molecule has 2 aromatic rings. The molecule has 5 nitrogen and oxygen atoms in total. The van der Waals surface area contributed by atoms with Gasteiger partial charge in [0.2, 0.25) is 0 Å². The summed E-state index contributed by atoms with van der Waals surface area (Å²) in [6, 6.07) is 6.71. The summed E-state index contributed by atoms with van der Waals surface area (Å²) in [5, 5.41) is 15.9. The molecule has 0 aliphatic carbocycles. The van der Waals surface area contributed by atoms with E-state index in [0.29, 0.717) is 17.8 Å². The normalized spacial score (nSPS) is 10.3. The molecule has 0 fully saturated rings. The lowest BCUT2D eigenvalue weighted by Crippen LogP contribution is -2.22. The number of hydrogen-bond donors (Lipinski definition) is 2. The van der Waals surface area contributed by atoms with E-state index in [-0.39, 0.29) is 11.7 Å². The molecular weight excluding hydrogens is 250 g/mol. The highest BCUT2D eigenvalue weighted by Gasteiger charge is 2.14. The van der Waals surface area contributed by atoms with Gasteiger partial charge in [0.25, 0.3) is 5.91 Å². The zero-order chi connectivity index (χ0) is 13.0. The lowest BCUT2D eigenvalue weighted by atomic mass is 10.2. The van der Waals surface area contributed by atoms with Crippen LogP contribution in [0.3, 0.4) is 0 Å². The second-order valence-electron chi connectivity index (χ2n) is 3.75. The van der Waals surface area contributed by atoms with Crippen LogP contribution >= 0.6 is 11.5 Å². The highest BCUT2D eigenvalue weighted by atomic mass is 32.1. The van der Waals surface area contributed by atoms with Crippen LogP contribution in [-0.4, -0.2) is 20.6 Å². The fourth-order valence-corrected chi connectivity index (χ4v) is 2.16. The molecule has 1 heterocycles. The Kier molecular flexibility index (Phi) is 3.88. The summed E-state index contributed by atoms with van der Waals surface area (Å²) in [4.78, 5) is 12.5. The summed E-state index contributed by atoms with van der Waals surface area (Å²) in [5.74, 6) is 0.0555. The Morgan fingerprint density at radius 2 is 2.11 bits per heavy atom. The van der Waals surface area contributed by atoms with Crippen molar-refractivity contribution in [2.24, 2.45) is 0 Å². The number of nitrogens with one attached hydrogen (secondary N) is 1. The van der Waals surface area contributed by atoms with Crippen molar-refractivity contribution in [2.45, 2.75) is 19.9 Å². The maximum Gasteiger partial charge on any atom is 0.265 e. The Bertz CT molecular complexity index is 537. The van der Waals surface area contributed by atoms with Gasteiger partial charge in [-0.2, -0.15) is 0 Å². The topological polar surface area (TPSA) is 75.1 Å². The van der Waals surface area contributed by atoms with E-state index in [9.17, 15) is 4.79 Å². The van der Waals surface area contributed by atoms with Gasteiger partial charge in [-0.3, -0.25) is 4.79 Å². The number of rotatable bonds is 4. The number of aromatic nitrogens is 2. The molecule has 18 heavy (non-hydrogen) atoms. The minimum atomic E-state index is -0.157. The van der Waals surface area contributed by atoms with Gasteiger partial charge >= 0.3 is 0 Å². The number of aromatic hydroxyl groups is 1. The molecule has 0 radical (unpaired) electrons. The average molecular weight is 263 g/mol. The minimum absolute atomic E-state index is 0.157. The number of carbonyl (C=O) groups excluding carboxylic acids is 1. The Morgan fingerprint density at radius 3 is 2.78 bits per heavy atom. The molecule has 94 valence electrons. The van der Waals surface area contributed by atoms with E-state index in [1.807, 2.05) is 6.92 Å². The van der Waals surface area contributed by atoms with Crippen molar-refractivity contribution < 1.29 is 9.90 Å². The number of aryl methyl sites for hydroxylation is 1. The Hall–Kier alpha value is -1.95. The average Bonchev–Trinajstić information content (AvgIpc) is 2.86. The first kappa shape index (κ1) is 12.5. The molecule has 0 saturated carbocycles. The molecule has 0 spiro atoms. The third-order valence-corrected chi connectivity index (χ3v) is 3.25. The van der Waals surface area contributed by atoms with E-state index in [0.717, 1.165) is 22.8 Å². The second kappa shape index (κ2) is 5.59. The number of phenolic OH excluding ortho intramolecular Hbond substituents is 1. The van der Waals surface area contributed by atoms with E-state index >= 15 is 0 Å². The second-order valence-corrected chi connectivity index (χ2v) is 4.51. The monoisotopic (exact) mass is 263 g/mol. The minimum Gasteiger partial charge on any atom is -0.508 e. The van der Waals surface area contributed by atoms with Crippen LogP contribution in [0.5, 0.6) is 5.75 Å². The molecule has 0 saturated heterocycles. The third kappa shape index (κ3) is 2.84. The van der Waals surface area contributed by atoms with Gasteiger partial charge in [-0.25, -0.2) is 0 Å². The predicted octanol–water partition coefficient (Wildman–Crippen LogP) is 1.74. The fraction of sp³-hybridized carbons (Fsp3) is 0.250. The molecule has 1 aromatic heterocycles. The van der Waals surface area contributed by atoms with E-state index < -0.39 is 0 Å². The largest absolute Gasteiger partial charge is 0.508 e. The molecule has 2 rings (SSSR count). The molecule has 2 N–H and O–H groups in total. The van der Waals surface area contributed by atoms with Crippen molar-refractivity contribution in [3.63, 3.8) is 0 Å². The highest BCUT2D eigenvalue weighted by Crippen LogP contribution is 2.12. The van der Waals surface area contributed by atoms with Crippen LogP contribution in [0, 0.1) is 0 Å². The summed E-state index contributed by atoms with van der Waals surface area (Å²) in [7, 11) is 0. The number of nitrogens with zero attached hydrogens (tertiary/aromatic N) is 2. The molecule has 1 amide bonds. The molecular formula is C12H13N3O2S. The van der Waals surface area contributed by atoms with Crippen LogP contribution in [0.25, 0.3) is 0 Å². The number of carbonyl (C=O) groups is 1. The molecule has 0 aliphatic heterocycles. The molecule has 0 atom stereocenters. The van der Waals surface area contributed by atoms with Crippen molar-refractivity contribution in [1.29, 1.82) is 0 Å². The molecule has 1 aromatic carbocycles. The molecule has 0 bridgehead atoms. The van der Waals surface area contributed by atoms with E-state index in [2.05, 4.69) is 14.9 Å². The molecule has 0 unspecified atom stereocenters. The van der Waals surface area contributed by atoms with Crippen LogP contribution in [0.1, 0.15) is 27.9 Å². The number of hydrogen-bond acceptors (Lipinski definition) is 5. The maximum absolute atomic E-state index is 11.9. The Morgan fingerprint density at radius 1 is 1.39 bits per heavy atom. The maximum atomic E-state index is 11.9. The Labute approximate surface area is 109 Å². The van der Waals surface area contributed by atoms with Gasteiger partial charge in [-0.1, -0.05) is 23.5 Å². The number of benzene rings is 1. The zero-order valence-electron chi connectivity index (χ0n) is 9.88. The first-order valence-corrected chi connectivity index (χ1v) is 6.35. The predicted molar refractivity (Wildman–Crippen MR) is 68.6 cm³/mol. The van der Waals surface area contributed by atoms with Crippen LogP contribution in [0.2, 0.25) is 0 Å². The summed E-state index contributed by atoms with van der Waals surface area (Å²) in [6.07, 6.45) is 0.693. The van der Waals surface area contributed by atoms with Gasteiger partial charge in [0, 0.05) is 6.54 Å². The first-order valence-electron chi connectivity index (χ1n) is 5.58. The van der Waals surface area contributed by atoms with Gasteiger partial charge in [-0.15, -0.1) is 5.10 Å². The van der Waals surface area contributed by atoms with Gasteiger partial charge in [0.1, 0.15) is 10.6 Å². The van der Waals surface area contributed by atoms with E-state index in [1.165, 1.54) is 0 Å². The van der Waals surface area contributed by atoms with Gasteiger partial charge in [-0.05, 0) is 35.6 Å². The molecule has 0 aliphatic rings. The van der Waals surface area contributed by atoms with Crippen molar-refractivity contribution in [1.82, 2.24) is 14.9 Å². The van der Waals surface area contributed by atoms with Gasteiger partial charge in [0.15, 0.2) is 0 Å². The van der Waals surface area contributed by atoms with Crippen molar-refractivity contribution in [3.05, 3.63) is 40.4 Å². The lowest BCUT2D eigenvalue weighted by molar-refractivity contribution is 0.0954. The van der Waals surface area contributed by atoms with E-state index in [4.69, 9.17) is 5.11 Å². The lowest BCUT2D eigenvalue weighted by Gasteiger charge is -2.04. The number of amides is 1. The molecule has 6 heteroatoms. The summed E-state index contributed by atoms with van der Waals surface area (Å²) < 4.78 is 3.78. The van der Waals surface area contributed by atoms with Crippen LogP contribution in [0.4, 0.5) is 0 Å². The Balaban J connectivity index is 1.98. The van der Waals surface area contributed by atoms with Crippen LogP contribution in [0.15, 0.2) is 24.3 Å². The first-order chi connectivity index (χ1) is 8.70. The van der Waals surface area contributed by atoms with Crippen molar-refractivity contribution >= 4 is 17.4 Å². The third-order valence-electron chi connectivity index (χ3n) is 2.49. The van der Waals surface area contributed by atoms with Crippen molar-refractivity contribution in [2.75, 3.05) is 0 Å². The van der Waals surface area contributed by atoms with Gasteiger partial charge in [0.05, 0.1) is 5.69 Å². The van der Waals surface area contributed by atoms with E-state index in [1.54, 1.807) is 24.3 Å². The van der Waals surface area contributed by atoms with Crippen LogP contribution < -0.4 is 5.32 Å². The standard InChI is InChI=1S/C12H13N3O2S/c1-2-10-11(18-15-14-10)12(17)13-7-8-3-5-9(16)6-4-8/h3-6,16H,2,7H2,1H3,(H,13,17). The van der Waals surface area contributed by atoms with Crippen molar-refractivity contribution in [3.8, 4) is 5.75 Å².